The second kappa shape index (κ2) is 16.7. The van der Waals surface area contributed by atoms with Gasteiger partial charge >= 0.3 is 12.1 Å². The van der Waals surface area contributed by atoms with Gasteiger partial charge in [-0.1, -0.05) is 43.7 Å². The lowest BCUT2D eigenvalue weighted by Crippen LogP contribution is -2.44. The summed E-state index contributed by atoms with van der Waals surface area (Å²) in [5.41, 5.74) is 0.619. The maximum absolute atomic E-state index is 13.6. The van der Waals surface area contributed by atoms with Crippen molar-refractivity contribution in [1.82, 2.24) is 20.2 Å². The number of carbonyl (C=O) groups is 5. The van der Waals surface area contributed by atoms with Crippen LogP contribution in [-0.2, 0) is 30.3 Å². The first kappa shape index (κ1) is 35.8. The molecule has 0 aromatic carbocycles. The zero-order chi connectivity index (χ0) is 34.8. The van der Waals surface area contributed by atoms with Crippen molar-refractivity contribution in [3.8, 4) is 0 Å². The van der Waals surface area contributed by atoms with E-state index in [0.717, 1.165) is 6.26 Å². The first-order valence-corrected chi connectivity index (χ1v) is 15.7. The number of carbonyl (C=O) groups excluding carboxylic acids is 5. The highest BCUT2D eigenvalue weighted by Crippen LogP contribution is 2.26. The third kappa shape index (κ3) is 10.2. The molecular formula is C33H41N5O10. The van der Waals surface area contributed by atoms with Crippen LogP contribution in [-0.4, -0.2) is 87.6 Å². The number of oxazole rings is 2. The summed E-state index contributed by atoms with van der Waals surface area (Å²) in [5, 5.41) is 15.5. The Hall–Kier alpha value is -5.05. The first-order valence-electron chi connectivity index (χ1n) is 15.7. The topological polar surface area (TPSA) is 203 Å². The fourth-order valence-electron chi connectivity index (χ4n) is 5.41. The van der Waals surface area contributed by atoms with E-state index in [-0.39, 0.29) is 55.7 Å². The molecule has 2 aromatic heterocycles. The number of aliphatic hydroxyl groups excluding tert-OH is 1. The van der Waals surface area contributed by atoms with Crippen LogP contribution in [0.3, 0.4) is 0 Å². The van der Waals surface area contributed by atoms with E-state index in [1.165, 1.54) is 23.3 Å². The number of aromatic nitrogens is 2. The molecule has 0 radical (unpaired) electrons. The molecule has 0 aliphatic carbocycles. The highest BCUT2D eigenvalue weighted by Gasteiger charge is 2.39. The van der Waals surface area contributed by atoms with E-state index < -0.39 is 54.0 Å². The van der Waals surface area contributed by atoms with Gasteiger partial charge in [0.15, 0.2) is 17.4 Å². The average Bonchev–Trinajstić information content (AvgIpc) is 3.80. The van der Waals surface area contributed by atoms with Crippen LogP contribution in [0.2, 0.25) is 0 Å². The monoisotopic (exact) mass is 667 g/mol. The number of amides is 3. The summed E-state index contributed by atoms with van der Waals surface area (Å²) in [6.07, 6.45) is 8.01. The third-order valence-electron chi connectivity index (χ3n) is 7.78. The number of nitrogens with zero attached hydrogens (tertiary/aromatic N) is 3. The molecule has 3 N–H and O–H groups in total. The van der Waals surface area contributed by atoms with Crippen LogP contribution in [0, 0.1) is 18.8 Å². The summed E-state index contributed by atoms with van der Waals surface area (Å²) in [4.78, 5) is 74.1. The van der Waals surface area contributed by atoms with Gasteiger partial charge < -0.3 is 33.6 Å². The number of hydrogen-bond donors (Lipinski definition) is 3. The van der Waals surface area contributed by atoms with Crippen molar-refractivity contribution < 1.29 is 47.4 Å². The summed E-state index contributed by atoms with van der Waals surface area (Å²) in [5.74, 6) is -2.45. The van der Waals surface area contributed by atoms with Gasteiger partial charge in [0.2, 0.25) is 11.8 Å². The van der Waals surface area contributed by atoms with Crippen molar-refractivity contribution in [1.29, 1.82) is 0 Å². The standard InChI is InChI=1S/C33H41N5O10/c1-19-7-5-11-34-28(41)10-9-20(2)30(21(3)16-47-33(44)37-27-18-45-22(4)35-27)48-32(43)26-8-6-12-38(26)31(42)25-17-46-29(36-25)15-24(40)14-23(39)13-19/h5,7,9-10,13,17-18,20-21,23,26,30,39H,6,8,11-12,14-16H2,1-4H3,(H,34,41)(H,37,44)/b7-5?,10-9+,19-13?/t20-,21+,23-,26-,30+/m1/s1. The van der Waals surface area contributed by atoms with Gasteiger partial charge in [0.05, 0.1) is 19.1 Å². The molecule has 4 rings (SSSR count). The van der Waals surface area contributed by atoms with Crippen LogP contribution in [0.15, 0.2) is 57.3 Å². The van der Waals surface area contributed by atoms with Crippen LogP contribution in [0.1, 0.15) is 62.3 Å². The molecule has 2 aliphatic heterocycles. The summed E-state index contributed by atoms with van der Waals surface area (Å²) >= 11 is 0. The second-order valence-corrected chi connectivity index (χ2v) is 11.9. The Bertz CT molecular complexity index is 1570. The summed E-state index contributed by atoms with van der Waals surface area (Å²) < 4.78 is 21.8. The molecule has 5 atom stereocenters. The molecule has 0 saturated carbocycles. The third-order valence-corrected chi connectivity index (χ3v) is 7.78. The number of esters is 1. The number of ether oxygens (including phenoxy) is 2. The molecule has 0 unspecified atom stereocenters. The largest absolute Gasteiger partial charge is 0.460 e. The van der Waals surface area contributed by atoms with E-state index in [0.29, 0.717) is 24.3 Å². The van der Waals surface area contributed by atoms with E-state index in [1.54, 1.807) is 45.9 Å². The number of aliphatic hydroxyl groups is 1. The fourth-order valence-corrected chi connectivity index (χ4v) is 5.41. The molecule has 0 spiro atoms. The fraction of sp³-hybridized carbons (Fsp3) is 0.485. The van der Waals surface area contributed by atoms with Crippen molar-refractivity contribution in [2.75, 3.05) is 25.0 Å². The Balaban J connectivity index is 1.54. The predicted octanol–water partition coefficient (Wildman–Crippen LogP) is 3.06. The molecule has 4 heterocycles. The highest BCUT2D eigenvalue weighted by atomic mass is 16.6. The number of rotatable bonds is 4. The summed E-state index contributed by atoms with van der Waals surface area (Å²) in [6.45, 7) is 7.18. The zero-order valence-electron chi connectivity index (χ0n) is 27.3. The van der Waals surface area contributed by atoms with Gasteiger partial charge in [0, 0.05) is 38.3 Å². The SMILES string of the molecule is CC1=C[C@@H](O)CC(=O)Cc2nc(co2)C(=O)N2CCC[C@@H]2C(=O)O[C@H]([C@@H](C)COC(=O)Nc2coc(C)n2)[C@H](C)/C=C/C(=O)NCC=C1. The molecule has 15 nitrogen and oxygen atoms in total. The molecule has 1 fully saturated rings. The van der Waals surface area contributed by atoms with E-state index >= 15 is 0 Å². The number of aryl methyl sites for hydroxylation is 1. The predicted molar refractivity (Wildman–Crippen MR) is 169 cm³/mol. The van der Waals surface area contributed by atoms with Crippen molar-refractivity contribution >= 4 is 35.5 Å². The Labute approximate surface area is 277 Å². The van der Waals surface area contributed by atoms with Gasteiger partial charge in [0.25, 0.3) is 5.91 Å². The average molecular weight is 668 g/mol. The maximum Gasteiger partial charge on any atom is 0.412 e. The summed E-state index contributed by atoms with van der Waals surface area (Å²) in [7, 11) is 0. The van der Waals surface area contributed by atoms with Crippen LogP contribution in [0.25, 0.3) is 0 Å². The number of hydrogen-bond acceptors (Lipinski definition) is 12. The van der Waals surface area contributed by atoms with Crippen LogP contribution in [0.5, 0.6) is 0 Å². The van der Waals surface area contributed by atoms with E-state index in [2.05, 4.69) is 20.6 Å². The zero-order valence-corrected chi connectivity index (χ0v) is 27.3. The van der Waals surface area contributed by atoms with E-state index in [9.17, 15) is 29.1 Å². The van der Waals surface area contributed by atoms with Gasteiger partial charge in [-0.15, -0.1) is 0 Å². The van der Waals surface area contributed by atoms with Gasteiger partial charge in [-0.25, -0.2) is 14.6 Å². The lowest BCUT2D eigenvalue weighted by Gasteiger charge is -2.30. The minimum Gasteiger partial charge on any atom is -0.460 e. The molecule has 3 amide bonds. The lowest BCUT2D eigenvalue weighted by atomic mass is 9.93. The van der Waals surface area contributed by atoms with E-state index in [1.807, 2.05) is 0 Å². The van der Waals surface area contributed by atoms with Gasteiger partial charge in [-0.3, -0.25) is 19.7 Å². The Morgan fingerprint density at radius 3 is 2.71 bits per heavy atom. The first-order chi connectivity index (χ1) is 22.9. The van der Waals surface area contributed by atoms with Gasteiger partial charge in [0.1, 0.15) is 30.5 Å². The van der Waals surface area contributed by atoms with Gasteiger partial charge in [-0.2, -0.15) is 4.98 Å². The number of ketones is 1. The molecule has 2 aromatic rings. The van der Waals surface area contributed by atoms with E-state index in [4.69, 9.17) is 18.3 Å². The number of Topliss-reactive ketones (excluding diaryl/α,β-unsaturated/α-hetero) is 1. The lowest BCUT2D eigenvalue weighted by molar-refractivity contribution is -0.159. The number of cyclic esters (lactones) is 1. The smallest absolute Gasteiger partial charge is 0.412 e. The number of fused-ring (bicyclic) bond motifs is 3. The van der Waals surface area contributed by atoms with Crippen molar-refractivity contribution in [3.05, 3.63) is 66.0 Å². The number of allylic oxidation sites excluding steroid dienone is 2. The molecule has 48 heavy (non-hydrogen) atoms. The summed E-state index contributed by atoms with van der Waals surface area (Å²) in [6, 6.07) is -0.924. The Morgan fingerprint density at radius 1 is 1.17 bits per heavy atom. The van der Waals surface area contributed by atoms with Crippen LogP contribution in [0.4, 0.5) is 10.6 Å². The molecule has 1 saturated heterocycles. The normalized spacial score (nSPS) is 24.6. The maximum atomic E-state index is 13.6. The Morgan fingerprint density at radius 2 is 1.96 bits per heavy atom. The molecule has 2 aliphatic rings. The number of anilines is 1. The molecule has 15 heteroatoms. The van der Waals surface area contributed by atoms with Crippen LogP contribution >= 0.6 is 0 Å². The van der Waals surface area contributed by atoms with Crippen molar-refractivity contribution in [2.24, 2.45) is 11.8 Å². The number of nitrogens with one attached hydrogen (secondary N) is 2. The van der Waals surface area contributed by atoms with Crippen molar-refractivity contribution in [2.45, 2.75) is 71.6 Å². The Kier molecular flexibility index (Phi) is 12.4. The van der Waals surface area contributed by atoms with Crippen LogP contribution < -0.4 is 10.6 Å². The minimum atomic E-state index is -1.05. The van der Waals surface area contributed by atoms with Gasteiger partial charge in [-0.05, 0) is 25.8 Å². The quantitative estimate of drug-likeness (QED) is 0.403. The minimum absolute atomic E-state index is 0.0147. The highest BCUT2D eigenvalue weighted by molar-refractivity contribution is 5.95. The second-order valence-electron chi connectivity index (χ2n) is 11.9. The molecule has 2 bridgehead atoms. The van der Waals surface area contributed by atoms with Crippen molar-refractivity contribution in [3.63, 3.8) is 0 Å². The molecule has 258 valence electrons. The molecular weight excluding hydrogens is 626 g/mol.